The van der Waals surface area contributed by atoms with Crippen molar-refractivity contribution < 1.29 is 17.9 Å². The maximum atomic E-state index is 12.7. The van der Waals surface area contributed by atoms with Crippen LogP contribution in [0.4, 0.5) is 11.4 Å². The van der Waals surface area contributed by atoms with Crippen LogP contribution in [0.1, 0.15) is 12.0 Å². The first-order valence-electron chi connectivity index (χ1n) is 9.60. The van der Waals surface area contributed by atoms with Crippen LogP contribution >= 0.6 is 11.6 Å². The molecule has 0 radical (unpaired) electrons. The Morgan fingerprint density at radius 3 is 2.70 bits per heavy atom. The van der Waals surface area contributed by atoms with Crippen molar-refractivity contribution in [3.05, 3.63) is 53.1 Å². The molecule has 1 aliphatic rings. The molecule has 0 aromatic heterocycles. The lowest BCUT2D eigenvalue weighted by molar-refractivity contribution is -0.120. The quantitative estimate of drug-likeness (QED) is 0.700. The number of hydrogen-bond donors (Lipinski definition) is 1. The number of anilines is 2. The first-order valence-corrected chi connectivity index (χ1v) is 11.8. The first-order chi connectivity index (χ1) is 14.2. The zero-order valence-electron chi connectivity index (χ0n) is 17.3. The number of amides is 1. The molecule has 1 aliphatic heterocycles. The number of nitrogens with zero attached hydrogens (tertiary/aromatic N) is 2. The molecule has 0 spiro atoms. The van der Waals surface area contributed by atoms with Crippen LogP contribution in [0, 0.1) is 6.92 Å². The molecule has 7 nitrogen and oxygen atoms in total. The van der Waals surface area contributed by atoms with Gasteiger partial charge in [-0.05, 0) is 43.2 Å². The minimum Gasteiger partial charge on any atom is -0.495 e. The Labute approximate surface area is 182 Å². The molecule has 1 N–H and O–H groups in total. The van der Waals surface area contributed by atoms with Gasteiger partial charge < -0.3 is 15.0 Å². The predicted molar refractivity (Wildman–Crippen MR) is 120 cm³/mol. The number of methoxy groups -OCH3 is 1. The van der Waals surface area contributed by atoms with E-state index in [2.05, 4.69) is 10.2 Å². The molecule has 1 fully saturated rings. The van der Waals surface area contributed by atoms with E-state index in [-0.39, 0.29) is 18.5 Å². The fourth-order valence-electron chi connectivity index (χ4n) is 3.64. The van der Waals surface area contributed by atoms with Gasteiger partial charge in [0.2, 0.25) is 15.9 Å². The summed E-state index contributed by atoms with van der Waals surface area (Å²) in [6.45, 7) is 2.88. The van der Waals surface area contributed by atoms with Gasteiger partial charge in [-0.2, -0.15) is 0 Å². The van der Waals surface area contributed by atoms with Crippen molar-refractivity contribution in [3.8, 4) is 5.75 Å². The zero-order valence-corrected chi connectivity index (χ0v) is 18.8. The minimum atomic E-state index is -3.61. The summed E-state index contributed by atoms with van der Waals surface area (Å²) in [5, 5.41) is 3.57. The summed E-state index contributed by atoms with van der Waals surface area (Å²) in [6.07, 6.45) is 1.85. The molecule has 3 rings (SSSR count). The molecule has 0 saturated carbocycles. The van der Waals surface area contributed by atoms with E-state index < -0.39 is 10.0 Å². The van der Waals surface area contributed by atoms with E-state index >= 15 is 0 Å². The summed E-state index contributed by atoms with van der Waals surface area (Å²) >= 11 is 6.13. The van der Waals surface area contributed by atoms with E-state index in [0.29, 0.717) is 23.0 Å². The molecule has 30 heavy (non-hydrogen) atoms. The number of nitrogens with one attached hydrogen (secondary N) is 1. The molecule has 0 bridgehead atoms. The lowest BCUT2D eigenvalue weighted by Gasteiger charge is -2.25. The zero-order chi connectivity index (χ0) is 21.9. The largest absolute Gasteiger partial charge is 0.495 e. The summed E-state index contributed by atoms with van der Waals surface area (Å²) < 4.78 is 31.2. The third-order valence-corrected chi connectivity index (χ3v) is 6.47. The van der Waals surface area contributed by atoms with E-state index in [1.165, 1.54) is 0 Å². The Balaban J connectivity index is 1.68. The van der Waals surface area contributed by atoms with E-state index in [0.717, 1.165) is 34.8 Å². The molecular weight excluding hydrogens is 426 g/mol. The second kappa shape index (κ2) is 9.14. The van der Waals surface area contributed by atoms with Crippen molar-refractivity contribution >= 4 is 38.9 Å². The molecule has 2 aromatic carbocycles. The number of halogens is 1. The SMILES string of the molecule is COc1ccc(Cl)cc1N1CCC(NC(=O)CN(c2ccccc2C)S(C)(=O)=O)C1. The van der Waals surface area contributed by atoms with Crippen molar-refractivity contribution in [1.29, 1.82) is 0 Å². The van der Waals surface area contributed by atoms with Gasteiger partial charge in [0.25, 0.3) is 0 Å². The number of benzene rings is 2. The van der Waals surface area contributed by atoms with Crippen LogP contribution in [0.3, 0.4) is 0 Å². The third kappa shape index (κ3) is 5.17. The highest BCUT2D eigenvalue weighted by Gasteiger charge is 2.28. The number of carbonyl (C=O) groups is 1. The number of aryl methyl sites for hydroxylation is 1. The Hall–Kier alpha value is -2.45. The lowest BCUT2D eigenvalue weighted by Crippen LogP contribution is -2.45. The molecule has 1 amide bonds. The van der Waals surface area contributed by atoms with Crippen molar-refractivity contribution in [3.63, 3.8) is 0 Å². The van der Waals surface area contributed by atoms with Gasteiger partial charge in [-0.15, -0.1) is 0 Å². The third-order valence-electron chi connectivity index (χ3n) is 5.11. The van der Waals surface area contributed by atoms with Gasteiger partial charge in [-0.25, -0.2) is 8.42 Å². The molecule has 0 aliphatic carbocycles. The highest BCUT2D eigenvalue weighted by molar-refractivity contribution is 7.92. The fourth-order valence-corrected chi connectivity index (χ4v) is 4.72. The van der Waals surface area contributed by atoms with Crippen LogP contribution in [0.2, 0.25) is 5.02 Å². The molecule has 1 heterocycles. The normalized spacial score (nSPS) is 16.4. The summed E-state index contributed by atoms with van der Waals surface area (Å²) in [5.74, 6) is 0.378. The van der Waals surface area contributed by atoms with Gasteiger partial charge in [-0.1, -0.05) is 29.8 Å². The topological polar surface area (TPSA) is 79.0 Å². The van der Waals surface area contributed by atoms with E-state index in [1.807, 2.05) is 31.2 Å². The number of ether oxygens (including phenoxy) is 1. The van der Waals surface area contributed by atoms with Crippen LogP contribution in [0.25, 0.3) is 0 Å². The van der Waals surface area contributed by atoms with Crippen molar-refractivity contribution in [2.24, 2.45) is 0 Å². The molecule has 2 aromatic rings. The van der Waals surface area contributed by atoms with Gasteiger partial charge in [0.15, 0.2) is 0 Å². The van der Waals surface area contributed by atoms with Gasteiger partial charge in [0, 0.05) is 24.2 Å². The average Bonchev–Trinajstić information content (AvgIpc) is 3.14. The number of sulfonamides is 1. The van der Waals surface area contributed by atoms with Crippen LogP contribution < -0.4 is 19.3 Å². The maximum Gasteiger partial charge on any atom is 0.241 e. The predicted octanol–water partition coefficient (Wildman–Crippen LogP) is 2.82. The van der Waals surface area contributed by atoms with Gasteiger partial charge in [0.05, 0.1) is 24.7 Å². The fraction of sp³-hybridized carbons (Fsp3) is 0.381. The van der Waals surface area contributed by atoms with Crippen molar-refractivity contribution in [1.82, 2.24) is 5.32 Å². The van der Waals surface area contributed by atoms with Gasteiger partial charge >= 0.3 is 0 Å². The summed E-state index contributed by atoms with van der Waals surface area (Å²) in [6, 6.07) is 12.4. The minimum absolute atomic E-state index is 0.0977. The number of para-hydroxylation sites is 1. The Morgan fingerprint density at radius 2 is 2.03 bits per heavy atom. The van der Waals surface area contributed by atoms with Gasteiger partial charge in [0.1, 0.15) is 12.3 Å². The van der Waals surface area contributed by atoms with Crippen LogP contribution in [0.5, 0.6) is 5.75 Å². The first kappa shape index (κ1) is 22.2. The lowest BCUT2D eigenvalue weighted by atomic mass is 10.2. The van der Waals surface area contributed by atoms with Crippen LogP contribution in [0.15, 0.2) is 42.5 Å². The Kier molecular flexibility index (Phi) is 6.77. The van der Waals surface area contributed by atoms with E-state index in [4.69, 9.17) is 16.3 Å². The second-order valence-electron chi connectivity index (χ2n) is 7.37. The maximum absolute atomic E-state index is 12.7. The molecule has 1 saturated heterocycles. The monoisotopic (exact) mass is 451 g/mol. The van der Waals surface area contributed by atoms with E-state index in [1.54, 1.807) is 25.3 Å². The Morgan fingerprint density at radius 1 is 1.30 bits per heavy atom. The molecule has 1 unspecified atom stereocenters. The van der Waals surface area contributed by atoms with E-state index in [9.17, 15) is 13.2 Å². The highest BCUT2D eigenvalue weighted by atomic mass is 35.5. The van der Waals surface area contributed by atoms with Crippen molar-refractivity contribution in [2.45, 2.75) is 19.4 Å². The number of rotatable bonds is 7. The van der Waals surface area contributed by atoms with Crippen LogP contribution in [-0.2, 0) is 14.8 Å². The average molecular weight is 452 g/mol. The molecule has 1 atom stereocenters. The van der Waals surface area contributed by atoms with Crippen LogP contribution in [-0.4, -0.2) is 53.4 Å². The highest BCUT2D eigenvalue weighted by Crippen LogP contribution is 2.33. The van der Waals surface area contributed by atoms with Gasteiger partial charge in [-0.3, -0.25) is 9.10 Å². The Bertz CT molecular complexity index is 1030. The summed E-state index contributed by atoms with van der Waals surface area (Å²) in [4.78, 5) is 14.8. The number of hydrogen-bond acceptors (Lipinski definition) is 5. The molecule has 9 heteroatoms. The smallest absolute Gasteiger partial charge is 0.241 e. The van der Waals surface area contributed by atoms with Crippen molar-refractivity contribution in [2.75, 3.05) is 42.2 Å². The standard InChI is InChI=1S/C21H26ClN3O4S/c1-15-6-4-5-7-18(15)25(30(3,27)28)14-21(26)23-17-10-11-24(13-17)19-12-16(22)8-9-20(19)29-2/h4-9,12,17H,10-11,13-14H2,1-3H3,(H,23,26). The second-order valence-corrected chi connectivity index (χ2v) is 9.71. The molecule has 162 valence electrons. The summed E-state index contributed by atoms with van der Waals surface area (Å²) in [5.41, 5.74) is 2.17. The number of carbonyl (C=O) groups excluding carboxylic acids is 1. The summed E-state index contributed by atoms with van der Waals surface area (Å²) in [7, 11) is -2.00. The molecular formula is C21H26ClN3O4S.